The van der Waals surface area contributed by atoms with Crippen LogP contribution in [0.15, 0.2) is 0 Å². The molecule has 5 heteroatoms. The molecule has 1 unspecified atom stereocenters. The maximum atomic E-state index is 10.5. The molecule has 1 aliphatic rings. The van der Waals surface area contributed by atoms with Crippen LogP contribution in [0.4, 0.5) is 0 Å². The van der Waals surface area contributed by atoms with Crippen molar-refractivity contribution in [3.8, 4) is 0 Å². The Morgan fingerprint density at radius 3 is 2.62 bits per heavy atom. The Labute approximate surface area is 96.4 Å². The number of rotatable bonds is 9. The topological polar surface area (TPSA) is 60.1 Å². The molecule has 0 bridgehead atoms. The van der Waals surface area contributed by atoms with Crippen LogP contribution in [0.25, 0.3) is 0 Å². The predicted molar refractivity (Wildman–Crippen MR) is 59.3 cm³/mol. The zero-order valence-electron chi connectivity index (χ0n) is 10.1. The minimum atomic E-state index is -0.0318. The molecule has 0 aromatic rings. The monoisotopic (exact) mass is 231 g/mol. The van der Waals surface area contributed by atoms with E-state index in [0.717, 1.165) is 13.0 Å². The number of ether oxygens (including phenoxy) is 3. The first-order chi connectivity index (χ1) is 7.68. The third-order valence-electron chi connectivity index (χ3n) is 2.55. The fourth-order valence-electron chi connectivity index (χ4n) is 1.27. The van der Waals surface area contributed by atoms with Crippen molar-refractivity contribution in [3.05, 3.63) is 0 Å². The van der Waals surface area contributed by atoms with Crippen LogP contribution in [0, 0.1) is 0 Å². The summed E-state index contributed by atoms with van der Waals surface area (Å²) >= 11 is 0. The molecular weight excluding hydrogens is 210 g/mol. The molecule has 0 aromatic heterocycles. The van der Waals surface area contributed by atoms with Gasteiger partial charge in [-0.25, -0.2) is 0 Å². The average Bonchev–Trinajstić information content (AvgIpc) is 3.02. The minimum Gasteiger partial charge on any atom is -0.377 e. The Hall–Kier alpha value is -0.650. The van der Waals surface area contributed by atoms with Gasteiger partial charge in [0.2, 0.25) is 5.91 Å². The van der Waals surface area contributed by atoms with E-state index in [1.165, 1.54) is 6.92 Å². The molecule has 0 radical (unpaired) electrons. The molecule has 0 aromatic carbocycles. The highest BCUT2D eigenvalue weighted by atomic mass is 16.6. The summed E-state index contributed by atoms with van der Waals surface area (Å²) in [7, 11) is 0. The second-order valence-corrected chi connectivity index (χ2v) is 3.97. The van der Waals surface area contributed by atoms with Gasteiger partial charge in [0.25, 0.3) is 0 Å². The van der Waals surface area contributed by atoms with Gasteiger partial charge in [-0.3, -0.25) is 4.79 Å². The van der Waals surface area contributed by atoms with Crippen LogP contribution < -0.4 is 5.32 Å². The third-order valence-corrected chi connectivity index (χ3v) is 2.55. The Balaban J connectivity index is 1.80. The molecule has 1 amide bonds. The molecule has 0 spiro atoms. The first-order valence-corrected chi connectivity index (χ1v) is 5.72. The first kappa shape index (κ1) is 13.4. The van der Waals surface area contributed by atoms with Crippen molar-refractivity contribution >= 4 is 5.91 Å². The van der Waals surface area contributed by atoms with E-state index in [1.807, 2.05) is 0 Å². The number of nitrogens with one attached hydrogen (secondary N) is 1. The molecule has 0 aliphatic carbocycles. The van der Waals surface area contributed by atoms with Gasteiger partial charge in [0.1, 0.15) is 5.60 Å². The maximum absolute atomic E-state index is 10.5. The number of amides is 1. The lowest BCUT2D eigenvalue weighted by molar-refractivity contribution is -0.119. The van der Waals surface area contributed by atoms with Gasteiger partial charge < -0.3 is 19.5 Å². The van der Waals surface area contributed by atoms with Crippen LogP contribution in [-0.4, -0.2) is 51.1 Å². The third kappa shape index (κ3) is 5.44. The van der Waals surface area contributed by atoms with Crippen LogP contribution >= 0.6 is 0 Å². The Morgan fingerprint density at radius 1 is 1.38 bits per heavy atom. The molecule has 1 atom stereocenters. The van der Waals surface area contributed by atoms with Crippen LogP contribution in [0.2, 0.25) is 0 Å². The maximum Gasteiger partial charge on any atom is 0.216 e. The molecule has 1 saturated heterocycles. The summed E-state index contributed by atoms with van der Waals surface area (Å²) in [4.78, 5) is 10.5. The van der Waals surface area contributed by atoms with Gasteiger partial charge in [-0.2, -0.15) is 0 Å². The fourth-order valence-corrected chi connectivity index (χ4v) is 1.27. The van der Waals surface area contributed by atoms with E-state index in [9.17, 15) is 4.79 Å². The average molecular weight is 231 g/mol. The molecule has 1 fully saturated rings. The lowest BCUT2D eigenvalue weighted by Crippen LogP contribution is -2.25. The quantitative estimate of drug-likeness (QED) is 0.459. The number of epoxide rings is 1. The van der Waals surface area contributed by atoms with E-state index in [2.05, 4.69) is 12.2 Å². The van der Waals surface area contributed by atoms with E-state index in [4.69, 9.17) is 14.2 Å². The summed E-state index contributed by atoms with van der Waals surface area (Å²) in [6.45, 7) is 7.26. The van der Waals surface area contributed by atoms with Gasteiger partial charge in [0, 0.05) is 13.5 Å². The van der Waals surface area contributed by atoms with Crippen molar-refractivity contribution < 1.29 is 19.0 Å². The predicted octanol–water partition coefficient (Wildman–Crippen LogP) is 0.335. The van der Waals surface area contributed by atoms with E-state index in [1.54, 1.807) is 0 Å². The van der Waals surface area contributed by atoms with Crippen molar-refractivity contribution in [3.63, 3.8) is 0 Å². The molecule has 0 saturated carbocycles. The van der Waals surface area contributed by atoms with Crippen LogP contribution in [0.3, 0.4) is 0 Å². The van der Waals surface area contributed by atoms with Gasteiger partial charge >= 0.3 is 0 Å². The largest absolute Gasteiger partial charge is 0.377 e. The van der Waals surface area contributed by atoms with Gasteiger partial charge in [-0.05, 0) is 6.42 Å². The molecule has 94 valence electrons. The highest BCUT2D eigenvalue weighted by Gasteiger charge is 2.42. The van der Waals surface area contributed by atoms with E-state index in [0.29, 0.717) is 33.0 Å². The number of carbonyl (C=O) groups is 1. The molecular formula is C11H21NO4. The number of carbonyl (C=O) groups excluding carboxylic acids is 1. The SMILES string of the molecule is CCC1(COCCOCCNC(C)=O)CO1. The van der Waals surface area contributed by atoms with Gasteiger partial charge in [-0.1, -0.05) is 6.92 Å². The summed E-state index contributed by atoms with van der Waals surface area (Å²) in [5.74, 6) is -0.0318. The van der Waals surface area contributed by atoms with Crippen molar-refractivity contribution in [1.29, 1.82) is 0 Å². The molecule has 16 heavy (non-hydrogen) atoms. The lowest BCUT2D eigenvalue weighted by atomic mass is 10.1. The number of hydrogen-bond acceptors (Lipinski definition) is 4. The summed E-state index contributed by atoms with van der Waals surface area (Å²) in [6, 6.07) is 0. The zero-order valence-corrected chi connectivity index (χ0v) is 10.1. The van der Waals surface area contributed by atoms with E-state index < -0.39 is 0 Å². The molecule has 1 aliphatic heterocycles. The van der Waals surface area contributed by atoms with Gasteiger partial charge in [0.05, 0.1) is 33.0 Å². The van der Waals surface area contributed by atoms with Crippen molar-refractivity contribution in [2.45, 2.75) is 25.9 Å². The van der Waals surface area contributed by atoms with Crippen LogP contribution in [0.1, 0.15) is 20.3 Å². The fraction of sp³-hybridized carbons (Fsp3) is 0.909. The Morgan fingerprint density at radius 2 is 2.06 bits per heavy atom. The van der Waals surface area contributed by atoms with Crippen molar-refractivity contribution in [2.24, 2.45) is 0 Å². The zero-order chi connectivity index (χ0) is 11.9. The second-order valence-electron chi connectivity index (χ2n) is 3.97. The summed E-state index contributed by atoms with van der Waals surface area (Å²) in [5, 5.41) is 2.66. The minimum absolute atomic E-state index is 0.00378. The Bertz CT molecular complexity index is 216. The lowest BCUT2D eigenvalue weighted by Gasteiger charge is -2.10. The molecule has 1 rings (SSSR count). The van der Waals surface area contributed by atoms with Crippen LogP contribution in [-0.2, 0) is 19.0 Å². The normalized spacial score (nSPS) is 23.1. The highest BCUT2D eigenvalue weighted by molar-refractivity contribution is 5.72. The summed E-state index contributed by atoms with van der Waals surface area (Å²) < 4.78 is 16.0. The smallest absolute Gasteiger partial charge is 0.216 e. The van der Waals surface area contributed by atoms with Crippen LogP contribution in [0.5, 0.6) is 0 Å². The van der Waals surface area contributed by atoms with Crippen molar-refractivity contribution in [2.75, 3.05) is 39.6 Å². The van der Waals surface area contributed by atoms with Gasteiger partial charge in [0.15, 0.2) is 0 Å². The molecule has 1 N–H and O–H groups in total. The van der Waals surface area contributed by atoms with Crippen molar-refractivity contribution in [1.82, 2.24) is 5.32 Å². The standard InChI is InChI=1S/C11H21NO4/c1-3-11(9-16-11)8-15-7-6-14-5-4-12-10(2)13/h3-9H2,1-2H3,(H,12,13). The van der Waals surface area contributed by atoms with Gasteiger partial charge in [-0.15, -0.1) is 0 Å². The highest BCUT2D eigenvalue weighted by Crippen LogP contribution is 2.30. The van der Waals surface area contributed by atoms with E-state index >= 15 is 0 Å². The number of hydrogen-bond donors (Lipinski definition) is 1. The second kappa shape index (κ2) is 6.83. The Kier molecular flexibility index (Phi) is 5.73. The van der Waals surface area contributed by atoms with E-state index in [-0.39, 0.29) is 11.5 Å². The molecule has 5 nitrogen and oxygen atoms in total. The molecule has 1 heterocycles. The summed E-state index contributed by atoms with van der Waals surface area (Å²) in [5.41, 5.74) is -0.00378. The first-order valence-electron chi connectivity index (χ1n) is 5.72. The summed E-state index contributed by atoms with van der Waals surface area (Å²) in [6.07, 6.45) is 0.996.